The molecule has 2 atom stereocenters. The summed E-state index contributed by atoms with van der Waals surface area (Å²) >= 11 is 0. The number of carbonyl (C=O) groups excluding carboxylic acids is 1. The molecule has 0 saturated carbocycles. The van der Waals surface area contributed by atoms with Crippen molar-refractivity contribution in [2.45, 2.75) is 25.0 Å². The molecule has 2 aromatic rings. The highest BCUT2D eigenvalue weighted by atomic mass is 19.1. The van der Waals surface area contributed by atoms with E-state index in [9.17, 15) is 13.6 Å². The fourth-order valence-electron chi connectivity index (χ4n) is 2.95. The number of carbonyl (C=O) groups is 1. The van der Waals surface area contributed by atoms with Gasteiger partial charge in [-0.2, -0.15) is 0 Å². The molecule has 1 amide bonds. The number of methoxy groups -OCH3 is 1. The minimum atomic E-state index is -1.02. The number of hydrogen-bond acceptors (Lipinski definition) is 4. The largest absolute Gasteiger partial charge is 0.494 e. The van der Waals surface area contributed by atoms with E-state index in [4.69, 9.17) is 9.47 Å². The van der Waals surface area contributed by atoms with Gasteiger partial charge >= 0.3 is 0 Å². The van der Waals surface area contributed by atoms with Crippen molar-refractivity contribution in [3.8, 4) is 5.75 Å². The molecular weight excluding hydrogens is 330 g/mol. The molecule has 0 aliphatic carbocycles. The van der Waals surface area contributed by atoms with Crippen molar-refractivity contribution in [2.24, 2.45) is 0 Å². The molecule has 25 heavy (non-hydrogen) atoms. The Bertz CT molecular complexity index is 755. The van der Waals surface area contributed by atoms with E-state index in [1.807, 2.05) is 0 Å². The van der Waals surface area contributed by atoms with Crippen LogP contribution in [0.1, 0.15) is 34.9 Å². The van der Waals surface area contributed by atoms with Gasteiger partial charge in [-0.05, 0) is 42.7 Å². The zero-order chi connectivity index (χ0) is 17.8. The summed E-state index contributed by atoms with van der Waals surface area (Å²) in [5.74, 6) is -2.97. The summed E-state index contributed by atoms with van der Waals surface area (Å²) in [6.07, 6.45) is 4.26. The minimum absolute atomic E-state index is 0.183. The molecule has 0 bridgehead atoms. The maximum absolute atomic E-state index is 14.3. The average Bonchev–Trinajstić information content (AvgIpc) is 2.63. The van der Waals surface area contributed by atoms with E-state index in [0.717, 1.165) is 24.1 Å². The van der Waals surface area contributed by atoms with Crippen LogP contribution in [0.2, 0.25) is 0 Å². The van der Waals surface area contributed by atoms with Gasteiger partial charge in [-0.1, -0.05) is 0 Å². The van der Waals surface area contributed by atoms with E-state index >= 15 is 0 Å². The second kappa shape index (κ2) is 7.57. The number of hydrogen-bond donors (Lipinski definition) is 1. The van der Waals surface area contributed by atoms with Crippen LogP contribution in [0.25, 0.3) is 0 Å². The molecule has 1 fully saturated rings. The molecule has 1 aromatic carbocycles. The molecule has 3 rings (SSSR count). The molecule has 132 valence electrons. The third-order valence-electron chi connectivity index (χ3n) is 4.18. The van der Waals surface area contributed by atoms with Crippen molar-refractivity contribution in [1.82, 2.24) is 10.3 Å². The number of nitrogens with zero attached hydrogens (tertiary/aromatic N) is 1. The van der Waals surface area contributed by atoms with Gasteiger partial charge in [0.25, 0.3) is 5.91 Å². The van der Waals surface area contributed by atoms with Gasteiger partial charge in [0, 0.05) is 19.0 Å². The van der Waals surface area contributed by atoms with Gasteiger partial charge in [-0.15, -0.1) is 0 Å². The molecule has 2 heterocycles. The van der Waals surface area contributed by atoms with E-state index in [2.05, 4.69) is 10.3 Å². The van der Waals surface area contributed by atoms with Crippen molar-refractivity contribution in [1.29, 1.82) is 0 Å². The van der Waals surface area contributed by atoms with Crippen LogP contribution in [0, 0.1) is 11.6 Å². The van der Waals surface area contributed by atoms with Crippen LogP contribution in [0.3, 0.4) is 0 Å². The Hall–Kier alpha value is -2.54. The fourth-order valence-corrected chi connectivity index (χ4v) is 2.95. The second-order valence-electron chi connectivity index (χ2n) is 5.73. The molecule has 5 nitrogen and oxygen atoms in total. The first-order valence-corrected chi connectivity index (χ1v) is 7.96. The first-order valence-electron chi connectivity index (χ1n) is 7.96. The lowest BCUT2D eigenvalue weighted by atomic mass is 9.96. The van der Waals surface area contributed by atoms with Crippen LogP contribution in [0.4, 0.5) is 8.78 Å². The monoisotopic (exact) mass is 348 g/mol. The van der Waals surface area contributed by atoms with Crippen molar-refractivity contribution in [3.05, 3.63) is 59.4 Å². The third-order valence-corrected chi connectivity index (χ3v) is 4.18. The molecule has 0 unspecified atom stereocenters. The molecule has 7 heteroatoms. The number of ether oxygens (including phenoxy) is 2. The van der Waals surface area contributed by atoms with Gasteiger partial charge in [-0.25, -0.2) is 8.78 Å². The van der Waals surface area contributed by atoms with E-state index in [1.54, 1.807) is 24.5 Å². The van der Waals surface area contributed by atoms with Gasteiger partial charge in [0.05, 0.1) is 13.2 Å². The van der Waals surface area contributed by atoms with Gasteiger partial charge in [-0.3, -0.25) is 9.78 Å². The van der Waals surface area contributed by atoms with Crippen molar-refractivity contribution in [2.75, 3.05) is 13.7 Å². The Labute approximate surface area is 144 Å². The Morgan fingerprint density at radius 3 is 2.76 bits per heavy atom. The van der Waals surface area contributed by atoms with E-state index < -0.39 is 35.3 Å². The van der Waals surface area contributed by atoms with E-state index in [-0.39, 0.29) is 5.75 Å². The second-order valence-corrected chi connectivity index (χ2v) is 5.73. The fraction of sp³-hybridized carbons (Fsp3) is 0.333. The first-order chi connectivity index (χ1) is 12.1. The van der Waals surface area contributed by atoms with E-state index in [1.165, 1.54) is 7.11 Å². The Kier molecular flexibility index (Phi) is 5.23. The Morgan fingerprint density at radius 2 is 2.04 bits per heavy atom. The molecule has 1 aromatic heterocycles. The molecule has 0 spiro atoms. The van der Waals surface area contributed by atoms with Crippen molar-refractivity contribution in [3.63, 3.8) is 0 Å². The number of amides is 1. The number of halogens is 2. The smallest absolute Gasteiger partial charge is 0.257 e. The summed E-state index contributed by atoms with van der Waals surface area (Å²) in [4.78, 5) is 16.4. The van der Waals surface area contributed by atoms with Crippen molar-refractivity contribution >= 4 is 5.91 Å². The standard InChI is InChI=1S/C18H18F2N2O3/c1-24-14-5-4-12(19)15(16(14)20)18(23)22-13-3-2-10-25-17(13)11-6-8-21-9-7-11/h4-9,13,17H,2-3,10H2,1H3,(H,22,23)/t13-,17+/m0/s1. The van der Waals surface area contributed by atoms with Crippen LogP contribution in [-0.2, 0) is 4.74 Å². The lowest BCUT2D eigenvalue weighted by molar-refractivity contribution is -0.00959. The predicted molar refractivity (Wildman–Crippen MR) is 86.3 cm³/mol. The van der Waals surface area contributed by atoms with Crippen LogP contribution in [-0.4, -0.2) is 30.6 Å². The molecular formula is C18H18F2N2O3. The Balaban J connectivity index is 1.84. The lowest BCUT2D eigenvalue weighted by Gasteiger charge is -2.32. The number of nitrogens with one attached hydrogen (secondary N) is 1. The SMILES string of the molecule is COc1ccc(F)c(C(=O)N[C@H]2CCCO[C@@H]2c2ccncc2)c1F. The highest BCUT2D eigenvalue weighted by molar-refractivity contribution is 5.95. The summed E-state index contributed by atoms with van der Waals surface area (Å²) in [6.45, 7) is 0.557. The Morgan fingerprint density at radius 1 is 1.28 bits per heavy atom. The van der Waals surface area contributed by atoms with Crippen LogP contribution < -0.4 is 10.1 Å². The lowest BCUT2D eigenvalue weighted by Crippen LogP contribution is -2.43. The molecule has 1 aliphatic rings. The number of pyridine rings is 1. The third kappa shape index (κ3) is 3.61. The van der Waals surface area contributed by atoms with Gasteiger partial charge in [0.15, 0.2) is 11.6 Å². The summed E-state index contributed by atoms with van der Waals surface area (Å²) in [5, 5.41) is 2.70. The first kappa shape index (κ1) is 17.3. The van der Waals surface area contributed by atoms with Gasteiger partial charge < -0.3 is 14.8 Å². The number of rotatable bonds is 4. The van der Waals surface area contributed by atoms with Crippen LogP contribution >= 0.6 is 0 Å². The molecule has 0 radical (unpaired) electrons. The van der Waals surface area contributed by atoms with Gasteiger partial charge in [0.2, 0.25) is 0 Å². The number of benzene rings is 1. The average molecular weight is 348 g/mol. The normalized spacial score (nSPS) is 20.1. The summed E-state index contributed by atoms with van der Waals surface area (Å²) < 4.78 is 38.9. The minimum Gasteiger partial charge on any atom is -0.494 e. The summed E-state index contributed by atoms with van der Waals surface area (Å²) in [6, 6.07) is 5.34. The maximum atomic E-state index is 14.3. The van der Waals surface area contributed by atoms with Crippen LogP contribution in [0.15, 0.2) is 36.7 Å². The summed E-state index contributed by atoms with van der Waals surface area (Å²) in [5.41, 5.74) is 0.199. The highest BCUT2D eigenvalue weighted by Crippen LogP contribution is 2.29. The van der Waals surface area contributed by atoms with Crippen LogP contribution in [0.5, 0.6) is 5.75 Å². The predicted octanol–water partition coefficient (Wildman–Crippen LogP) is 3.02. The summed E-state index contributed by atoms with van der Waals surface area (Å²) in [7, 11) is 1.26. The quantitative estimate of drug-likeness (QED) is 0.923. The topological polar surface area (TPSA) is 60.5 Å². The van der Waals surface area contributed by atoms with Crippen molar-refractivity contribution < 1.29 is 23.0 Å². The molecule has 1 aliphatic heterocycles. The highest BCUT2D eigenvalue weighted by Gasteiger charge is 2.31. The zero-order valence-electron chi connectivity index (χ0n) is 13.7. The molecule has 1 saturated heterocycles. The zero-order valence-corrected chi connectivity index (χ0v) is 13.7. The van der Waals surface area contributed by atoms with E-state index in [0.29, 0.717) is 13.0 Å². The maximum Gasteiger partial charge on any atom is 0.257 e. The number of aromatic nitrogens is 1. The molecule has 1 N–H and O–H groups in total. The van der Waals surface area contributed by atoms with Gasteiger partial charge in [0.1, 0.15) is 17.5 Å².